The van der Waals surface area contributed by atoms with Gasteiger partial charge in [-0.1, -0.05) is 24.3 Å². The fourth-order valence-corrected chi connectivity index (χ4v) is 3.63. The van der Waals surface area contributed by atoms with Gasteiger partial charge in [-0.15, -0.1) is 0 Å². The molecule has 0 aliphatic carbocycles. The van der Waals surface area contributed by atoms with E-state index >= 15 is 0 Å². The molecule has 1 N–H and O–H groups in total. The SMILES string of the molecule is COC(=O)C1=C(C)NC(c2ccccn2)=NC12CCOc1ccccc12. The summed E-state index contributed by atoms with van der Waals surface area (Å²) < 4.78 is 10.9. The molecule has 2 aliphatic rings. The number of nitrogens with zero attached hydrogens (tertiary/aromatic N) is 2. The van der Waals surface area contributed by atoms with Crippen LogP contribution in [0.1, 0.15) is 24.6 Å². The predicted octanol–water partition coefficient (Wildman–Crippen LogP) is 2.56. The number of para-hydroxylation sites is 1. The average molecular weight is 349 g/mol. The van der Waals surface area contributed by atoms with Crippen LogP contribution in [-0.4, -0.2) is 30.5 Å². The lowest BCUT2D eigenvalue weighted by Gasteiger charge is -2.40. The number of pyridine rings is 1. The maximum atomic E-state index is 12.7. The Labute approximate surface area is 151 Å². The van der Waals surface area contributed by atoms with Crippen molar-refractivity contribution in [1.82, 2.24) is 10.3 Å². The third-order valence-corrected chi connectivity index (χ3v) is 4.75. The van der Waals surface area contributed by atoms with Crippen molar-refractivity contribution in [2.24, 2.45) is 4.99 Å². The lowest BCUT2D eigenvalue weighted by Crippen LogP contribution is -2.45. The molecule has 6 heteroatoms. The monoisotopic (exact) mass is 349 g/mol. The molecule has 1 aromatic carbocycles. The summed E-state index contributed by atoms with van der Waals surface area (Å²) in [5, 5.41) is 3.23. The summed E-state index contributed by atoms with van der Waals surface area (Å²) in [5.41, 5.74) is 1.95. The van der Waals surface area contributed by atoms with Crippen LogP contribution in [0.15, 0.2) is 64.9 Å². The van der Waals surface area contributed by atoms with Gasteiger partial charge < -0.3 is 14.8 Å². The molecule has 1 unspecified atom stereocenters. The van der Waals surface area contributed by atoms with Gasteiger partial charge in [0.25, 0.3) is 0 Å². The maximum Gasteiger partial charge on any atom is 0.338 e. The number of aromatic nitrogens is 1. The summed E-state index contributed by atoms with van der Waals surface area (Å²) in [5.74, 6) is 0.974. The summed E-state index contributed by atoms with van der Waals surface area (Å²) in [6.45, 7) is 2.33. The van der Waals surface area contributed by atoms with Crippen molar-refractivity contribution in [2.75, 3.05) is 13.7 Å². The lowest BCUT2D eigenvalue weighted by atomic mass is 9.76. The lowest BCUT2D eigenvalue weighted by molar-refractivity contribution is -0.137. The summed E-state index contributed by atoms with van der Waals surface area (Å²) >= 11 is 0. The highest BCUT2D eigenvalue weighted by atomic mass is 16.5. The van der Waals surface area contributed by atoms with E-state index in [9.17, 15) is 4.79 Å². The van der Waals surface area contributed by atoms with E-state index in [4.69, 9.17) is 14.5 Å². The fourth-order valence-electron chi connectivity index (χ4n) is 3.63. The molecule has 0 bridgehead atoms. The topological polar surface area (TPSA) is 72.8 Å². The first-order valence-corrected chi connectivity index (χ1v) is 8.46. The number of esters is 1. The first-order chi connectivity index (χ1) is 12.7. The second-order valence-electron chi connectivity index (χ2n) is 6.25. The Balaban J connectivity index is 1.97. The average Bonchev–Trinajstić information content (AvgIpc) is 2.68. The molecule has 3 heterocycles. The molecule has 1 aromatic heterocycles. The van der Waals surface area contributed by atoms with E-state index in [0.717, 1.165) is 17.0 Å². The number of hydrogen-bond acceptors (Lipinski definition) is 6. The Bertz CT molecular complexity index is 921. The van der Waals surface area contributed by atoms with Gasteiger partial charge in [0.15, 0.2) is 5.84 Å². The fraction of sp³-hybridized carbons (Fsp3) is 0.250. The minimum atomic E-state index is -0.857. The maximum absolute atomic E-state index is 12.7. The molecular weight excluding hydrogens is 330 g/mol. The molecule has 0 saturated heterocycles. The highest BCUT2D eigenvalue weighted by Gasteiger charge is 2.48. The zero-order valence-corrected chi connectivity index (χ0v) is 14.7. The molecule has 1 atom stereocenters. The third-order valence-electron chi connectivity index (χ3n) is 4.75. The standard InChI is InChI=1S/C20H19N3O3/c1-13-17(19(24)25-2)20(10-12-26-16-9-4-3-7-14(16)20)23-18(22-13)15-8-5-6-11-21-15/h3-9,11H,10,12H2,1-2H3,(H,22,23). The van der Waals surface area contributed by atoms with Crippen LogP contribution < -0.4 is 10.1 Å². The van der Waals surface area contributed by atoms with Gasteiger partial charge in [-0.2, -0.15) is 0 Å². The number of benzene rings is 1. The number of allylic oxidation sites excluding steroid dienone is 1. The number of ether oxygens (including phenoxy) is 2. The van der Waals surface area contributed by atoms with Crippen molar-refractivity contribution in [1.29, 1.82) is 0 Å². The van der Waals surface area contributed by atoms with Crippen molar-refractivity contribution in [2.45, 2.75) is 18.9 Å². The number of hydrogen-bond donors (Lipinski definition) is 1. The van der Waals surface area contributed by atoms with E-state index < -0.39 is 11.5 Å². The van der Waals surface area contributed by atoms with Crippen LogP contribution in [0.5, 0.6) is 5.75 Å². The Kier molecular flexibility index (Phi) is 3.95. The zero-order valence-electron chi connectivity index (χ0n) is 14.7. The second-order valence-corrected chi connectivity index (χ2v) is 6.25. The minimum Gasteiger partial charge on any atom is -0.493 e. The summed E-state index contributed by atoms with van der Waals surface area (Å²) in [6.07, 6.45) is 2.27. The van der Waals surface area contributed by atoms with E-state index in [1.54, 1.807) is 6.20 Å². The molecule has 2 aliphatic heterocycles. The molecule has 2 aromatic rings. The third kappa shape index (κ3) is 2.45. The molecule has 26 heavy (non-hydrogen) atoms. The number of nitrogens with one attached hydrogen (secondary N) is 1. The second kappa shape index (κ2) is 6.29. The highest BCUT2D eigenvalue weighted by molar-refractivity contribution is 6.03. The number of carbonyl (C=O) groups is 1. The minimum absolute atomic E-state index is 0.393. The van der Waals surface area contributed by atoms with E-state index in [-0.39, 0.29) is 0 Å². The Morgan fingerprint density at radius 1 is 1.23 bits per heavy atom. The van der Waals surface area contributed by atoms with Gasteiger partial charge in [-0.3, -0.25) is 4.98 Å². The molecule has 132 valence electrons. The zero-order chi connectivity index (χ0) is 18.1. The molecule has 0 amide bonds. The number of fused-ring (bicyclic) bond motifs is 2. The van der Waals surface area contributed by atoms with Gasteiger partial charge in [-0.25, -0.2) is 9.79 Å². The predicted molar refractivity (Wildman–Crippen MR) is 96.9 cm³/mol. The van der Waals surface area contributed by atoms with Crippen molar-refractivity contribution in [3.8, 4) is 5.75 Å². The van der Waals surface area contributed by atoms with Gasteiger partial charge in [0, 0.05) is 23.9 Å². The van der Waals surface area contributed by atoms with Gasteiger partial charge >= 0.3 is 5.97 Å². The number of methoxy groups -OCH3 is 1. The Hall–Kier alpha value is -3.15. The van der Waals surface area contributed by atoms with Crippen LogP contribution in [0.2, 0.25) is 0 Å². The Morgan fingerprint density at radius 2 is 2.04 bits per heavy atom. The number of aliphatic imine (C=N–C) groups is 1. The van der Waals surface area contributed by atoms with E-state index in [1.807, 2.05) is 49.4 Å². The number of carbonyl (C=O) groups excluding carboxylic acids is 1. The smallest absolute Gasteiger partial charge is 0.338 e. The molecule has 1 spiro atoms. The largest absolute Gasteiger partial charge is 0.493 e. The van der Waals surface area contributed by atoms with E-state index in [0.29, 0.717) is 30.1 Å². The first-order valence-electron chi connectivity index (χ1n) is 8.46. The first kappa shape index (κ1) is 16.3. The van der Waals surface area contributed by atoms with Crippen LogP contribution in [0.3, 0.4) is 0 Å². The molecule has 0 radical (unpaired) electrons. The van der Waals surface area contributed by atoms with Crippen molar-refractivity contribution >= 4 is 11.8 Å². The van der Waals surface area contributed by atoms with Crippen molar-refractivity contribution in [3.63, 3.8) is 0 Å². The van der Waals surface area contributed by atoms with Gasteiger partial charge in [0.2, 0.25) is 0 Å². The van der Waals surface area contributed by atoms with Crippen molar-refractivity contribution in [3.05, 3.63) is 71.2 Å². The van der Waals surface area contributed by atoms with Crippen LogP contribution >= 0.6 is 0 Å². The summed E-state index contributed by atoms with van der Waals surface area (Å²) in [7, 11) is 1.39. The summed E-state index contributed by atoms with van der Waals surface area (Å²) in [6, 6.07) is 13.4. The van der Waals surface area contributed by atoms with Crippen LogP contribution in [0.4, 0.5) is 0 Å². The highest BCUT2D eigenvalue weighted by Crippen LogP contribution is 2.47. The molecule has 0 saturated carbocycles. The van der Waals surface area contributed by atoms with Crippen LogP contribution in [0.25, 0.3) is 0 Å². The molecule has 0 fully saturated rings. The molecule has 4 rings (SSSR count). The van der Waals surface area contributed by atoms with Gasteiger partial charge in [0.05, 0.1) is 19.3 Å². The quantitative estimate of drug-likeness (QED) is 0.844. The Morgan fingerprint density at radius 3 is 2.81 bits per heavy atom. The van der Waals surface area contributed by atoms with Gasteiger partial charge in [0.1, 0.15) is 17.0 Å². The van der Waals surface area contributed by atoms with Gasteiger partial charge in [-0.05, 0) is 25.1 Å². The van der Waals surface area contributed by atoms with E-state index in [1.165, 1.54) is 7.11 Å². The molecule has 6 nitrogen and oxygen atoms in total. The van der Waals surface area contributed by atoms with Crippen LogP contribution in [0, 0.1) is 0 Å². The van der Waals surface area contributed by atoms with Crippen molar-refractivity contribution < 1.29 is 14.3 Å². The number of amidine groups is 1. The van der Waals surface area contributed by atoms with E-state index in [2.05, 4.69) is 10.3 Å². The molecular formula is C20H19N3O3. The van der Waals surface area contributed by atoms with Crippen LogP contribution in [-0.2, 0) is 15.1 Å². The normalized spacial score (nSPS) is 21.4. The number of rotatable bonds is 2. The summed E-state index contributed by atoms with van der Waals surface area (Å²) in [4.78, 5) is 22.0.